The lowest BCUT2D eigenvalue weighted by Gasteiger charge is -2.33. The molecule has 1 amide bonds. The number of carbonyl (C=O) groups excluding carboxylic acids is 1. The molecule has 0 aromatic heterocycles. The Bertz CT molecular complexity index is 993. The maximum Gasteiger partial charge on any atom is 0.416 e. The first-order chi connectivity index (χ1) is 15.7. The summed E-state index contributed by atoms with van der Waals surface area (Å²) in [4.78, 5) is 15.0. The topological polar surface area (TPSA) is 65.4 Å². The lowest BCUT2D eigenvalue weighted by molar-refractivity contribution is -0.137. The van der Waals surface area contributed by atoms with Crippen LogP contribution in [0.2, 0.25) is 0 Å². The number of halogens is 3. The quantitative estimate of drug-likeness (QED) is 0.648. The summed E-state index contributed by atoms with van der Waals surface area (Å²) in [7, 11) is 0. The van der Waals surface area contributed by atoms with Gasteiger partial charge in [0, 0.05) is 25.7 Å². The largest absolute Gasteiger partial charge is 0.479 e. The Labute approximate surface area is 192 Å². The summed E-state index contributed by atoms with van der Waals surface area (Å²) in [5.41, 5.74) is 0.357. The molecule has 0 saturated carbocycles. The van der Waals surface area contributed by atoms with Crippen LogP contribution in [0.5, 0.6) is 5.75 Å². The minimum Gasteiger partial charge on any atom is -0.479 e. The van der Waals surface area contributed by atoms with E-state index in [1.807, 2.05) is 13.8 Å². The zero-order valence-electron chi connectivity index (χ0n) is 18.7. The van der Waals surface area contributed by atoms with Crippen molar-refractivity contribution in [1.29, 1.82) is 5.26 Å². The first-order valence-corrected chi connectivity index (χ1v) is 11.0. The SMILES string of the molecule is CC(C)C(Oc1ccccc1C#N)C(=O)NC1CCN(Cc2cccc(C(F)(F)F)c2)CC1. The van der Waals surface area contributed by atoms with Gasteiger partial charge in [-0.1, -0.05) is 44.2 Å². The molecule has 0 bridgehead atoms. The fraction of sp³-hybridized carbons (Fsp3) is 0.440. The van der Waals surface area contributed by atoms with E-state index in [0.717, 1.165) is 6.07 Å². The Morgan fingerprint density at radius 1 is 1.18 bits per heavy atom. The van der Waals surface area contributed by atoms with Crippen LogP contribution in [-0.4, -0.2) is 36.0 Å². The van der Waals surface area contributed by atoms with E-state index in [4.69, 9.17) is 4.74 Å². The smallest absolute Gasteiger partial charge is 0.416 e. The van der Waals surface area contributed by atoms with E-state index < -0.39 is 17.8 Å². The van der Waals surface area contributed by atoms with E-state index in [0.29, 0.717) is 49.4 Å². The van der Waals surface area contributed by atoms with Crippen molar-refractivity contribution in [3.8, 4) is 11.8 Å². The van der Waals surface area contributed by atoms with E-state index >= 15 is 0 Å². The van der Waals surface area contributed by atoms with Crippen LogP contribution in [0.15, 0.2) is 48.5 Å². The van der Waals surface area contributed by atoms with Crippen LogP contribution < -0.4 is 10.1 Å². The molecule has 1 heterocycles. The van der Waals surface area contributed by atoms with Gasteiger partial charge in [-0.05, 0) is 42.5 Å². The van der Waals surface area contributed by atoms with Crippen molar-refractivity contribution in [2.45, 2.75) is 51.6 Å². The van der Waals surface area contributed by atoms with Crippen LogP contribution in [0.4, 0.5) is 13.2 Å². The predicted octanol–water partition coefficient (Wildman–Crippen LogP) is 4.76. The van der Waals surface area contributed by atoms with Gasteiger partial charge in [0.25, 0.3) is 5.91 Å². The summed E-state index contributed by atoms with van der Waals surface area (Å²) in [5.74, 6) is 0.0524. The second-order valence-electron chi connectivity index (χ2n) is 8.65. The molecule has 1 N–H and O–H groups in total. The standard InChI is InChI=1S/C25H28F3N3O2/c1-17(2)23(33-22-9-4-3-7-19(22)15-29)24(32)30-21-10-12-31(13-11-21)16-18-6-5-8-20(14-18)25(26,27)28/h3-9,14,17,21,23H,10-13,16H2,1-2H3,(H,30,32). The van der Waals surface area contributed by atoms with Gasteiger partial charge in [0.15, 0.2) is 6.10 Å². The fourth-order valence-corrected chi connectivity index (χ4v) is 3.91. The van der Waals surface area contributed by atoms with Crippen molar-refractivity contribution >= 4 is 5.91 Å². The van der Waals surface area contributed by atoms with Crippen LogP contribution in [0.3, 0.4) is 0 Å². The highest BCUT2D eigenvalue weighted by Gasteiger charge is 2.31. The van der Waals surface area contributed by atoms with Gasteiger partial charge in [0.1, 0.15) is 11.8 Å². The lowest BCUT2D eigenvalue weighted by atomic mass is 10.0. The molecule has 176 valence electrons. The Morgan fingerprint density at radius 2 is 1.88 bits per heavy atom. The summed E-state index contributed by atoms with van der Waals surface area (Å²) in [6, 6.07) is 14.3. The number of para-hydroxylation sites is 1. The Hall–Kier alpha value is -3.05. The molecule has 1 fully saturated rings. The van der Waals surface area contributed by atoms with Crippen LogP contribution in [-0.2, 0) is 17.5 Å². The number of benzene rings is 2. The zero-order valence-corrected chi connectivity index (χ0v) is 18.7. The number of hydrogen-bond donors (Lipinski definition) is 1. The molecule has 1 saturated heterocycles. The molecule has 0 radical (unpaired) electrons. The number of piperidine rings is 1. The highest BCUT2D eigenvalue weighted by atomic mass is 19.4. The first-order valence-electron chi connectivity index (χ1n) is 11.0. The number of carbonyl (C=O) groups is 1. The number of nitrogens with one attached hydrogen (secondary N) is 1. The van der Waals surface area contributed by atoms with Gasteiger partial charge in [-0.25, -0.2) is 0 Å². The van der Waals surface area contributed by atoms with Gasteiger partial charge in [-0.2, -0.15) is 18.4 Å². The maximum atomic E-state index is 12.9. The third-order valence-electron chi connectivity index (χ3n) is 5.72. The van der Waals surface area contributed by atoms with Crippen molar-refractivity contribution < 1.29 is 22.7 Å². The Kier molecular flexibility index (Phi) is 7.98. The second-order valence-corrected chi connectivity index (χ2v) is 8.65. The normalized spacial score (nSPS) is 16.3. The monoisotopic (exact) mass is 459 g/mol. The van der Waals surface area contributed by atoms with E-state index in [1.54, 1.807) is 30.3 Å². The minimum atomic E-state index is -4.35. The summed E-state index contributed by atoms with van der Waals surface area (Å²) in [6.07, 6.45) is -3.69. The molecule has 5 nitrogen and oxygen atoms in total. The van der Waals surface area contributed by atoms with E-state index in [9.17, 15) is 23.2 Å². The zero-order chi connectivity index (χ0) is 24.0. The van der Waals surface area contributed by atoms with Crippen molar-refractivity contribution in [3.05, 3.63) is 65.2 Å². The van der Waals surface area contributed by atoms with Crippen LogP contribution in [0, 0.1) is 17.2 Å². The van der Waals surface area contributed by atoms with Crippen LogP contribution in [0.1, 0.15) is 43.4 Å². The molecular formula is C25H28F3N3O2. The predicted molar refractivity (Wildman–Crippen MR) is 118 cm³/mol. The molecule has 0 aliphatic carbocycles. The molecule has 1 aliphatic heterocycles. The van der Waals surface area contributed by atoms with Crippen LogP contribution in [0.25, 0.3) is 0 Å². The number of alkyl halides is 3. The van der Waals surface area contributed by atoms with Gasteiger partial charge in [-0.3, -0.25) is 9.69 Å². The summed E-state index contributed by atoms with van der Waals surface area (Å²) in [6.45, 7) is 5.55. The van der Waals surface area contributed by atoms with Gasteiger partial charge < -0.3 is 10.1 Å². The highest BCUT2D eigenvalue weighted by Crippen LogP contribution is 2.30. The molecule has 1 unspecified atom stereocenters. The number of hydrogen-bond acceptors (Lipinski definition) is 4. The number of ether oxygens (including phenoxy) is 1. The second kappa shape index (κ2) is 10.7. The van der Waals surface area contributed by atoms with Gasteiger partial charge in [0.05, 0.1) is 11.1 Å². The Morgan fingerprint density at radius 3 is 2.52 bits per heavy atom. The fourth-order valence-electron chi connectivity index (χ4n) is 3.91. The summed E-state index contributed by atoms with van der Waals surface area (Å²) < 4.78 is 44.7. The number of rotatable bonds is 7. The van der Waals surface area contributed by atoms with E-state index in [1.165, 1.54) is 12.1 Å². The number of nitriles is 1. The third-order valence-corrected chi connectivity index (χ3v) is 5.72. The van der Waals surface area contributed by atoms with Gasteiger partial charge >= 0.3 is 6.18 Å². The summed E-state index contributed by atoms with van der Waals surface area (Å²) >= 11 is 0. The maximum absolute atomic E-state index is 12.9. The van der Waals surface area contributed by atoms with Gasteiger partial charge in [0.2, 0.25) is 0 Å². The average molecular weight is 460 g/mol. The van der Waals surface area contributed by atoms with Crippen molar-refractivity contribution in [2.75, 3.05) is 13.1 Å². The van der Waals surface area contributed by atoms with Crippen molar-refractivity contribution in [3.63, 3.8) is 0 Å². The molecule has 3 rings (SSSR count). The molecule has 0 spiro atoms. The highest BCUT2D eigenvalue weighted by molar-refractivity contribution is 5.81. The number of amides is 1. The van der Waals surface area contributed by atoms with E-state index in [2.05, 4.69) is 16.3 Å². The molecule has 33 heavy (non-hydrogen) atoms. The molecule has 2 aromatic carbocycles. The summed E-state index contributed by atoms with van der Waals surface area (Å²) in [5, 5.41) is 12.3. The third kappa shape index (κ3) is 6.72. The van der Waals surface area contributed by atoms with Crippen LogP contribution >= 0.6 is 0 Å². The Balaban J connectivity index is 1.54. The molecule has 8 heteroatoms. The first kappa shape index (κ1) is 24.6. The lowest BCUT2D eigenvalue weighted by Crippen LogP contribution is -2.50. The molecule has 2 aromatic rings. The van der Waals surface area contributed by atoms with E-state index in [-0.39, 0.29) is 17.9 Å². The minimum absolute atomic E-state index is 0.0358. The average Bonchev–Trinajstić information content (AvgIpc) is 2.78. The molecule has 1 atom stereocenters. The van der Waals surface area contributed by atoms with Crippen molar-refractivity contribution in [2.24, 2.45) is 5.92 Å². The molecular weight excluding hydrogens is 431 g/mol. The van der Waals surface area contributed by atoms with Crippen molar-refractivity contribution in [1.82, 2.24) is 10.2 Å². The number of nitrogens with zero attached hydrogens (tertiary/aromatic N) is 2. The number of likely N-dealkylation sites (tertiary alicyclic amines) is 1. The molecule has 1 aliphatic rings. The van der Waals surface area contributed by atoms with Gasteiger partial charge in [-0.15, -0.1) is 0 Å².